The molecular weight excluding hydrogens is 240 g/mol. The molecule has 0 aliphatic carbocycles. The lowest BCUT2D eigenvalue weighted by Crippen LogP contribution is -2.27. The Morgan fingerprint density at radius 1 is 1.37 bits per heavy atom. The molecule has 2 aromatic heterocycles. The fraction of sp³-hybridized carbons (Fsp3) is 0.500. The molecule has 0 aromatic carbocycles. The SMILES string of the molecule is CCN(CC)CCn1cc(NCc2ccoc2)cn1. The highest BCUT2D eigenvalue weighted by Crippen LogP contribution is 2.08. The molecule has 0 fully saturated rings. The summed E-state index contributed by atoms with van der Waals surface area (Å²) in [5, 5.41) is 7.69. The van der Waals surface area contributed by atoms with Crippen LogP contribution in [-0.4, -0.2) is 34.3 Å². The number of furan rings is 1. The average molecular weight is 262 g/mol. The minimum absolute atomic E-state index is 0.762. The zero-order valence-electron chi connectivity index (χ0n) is 11.7. The zero-order valence-corrected chi connectivity index (χ0v) is 11.7. The van der Waals surface area contributed by atoms with Crippen molar-refractivity contribution in [1.82, 2.24) is 14.7 Å². The van der Waals surface area contributed by atoms with Crippen molar-refractivity contribution < 1.29 is 4.42 Å². The van der Waals surface area contributed by atoms with E-state index in [1.807, 2.05) is 23.1 Å². The van der Waals surface area contributed by atoms with E-state index in [0.29, 0.717) is 0 Å². The lowest BCUT2D eigenvalue weighted by molar-refractivity contribution is 0.285. The highest BCUT2D eigenvalue weighted by Gasteiger charge is 2.02. The van der Waals surface area contributed by atoms with Gasteiger partial charge in [0.15, 0.2) is 0 Å². The first-order chi connectivity index (χ1) is 9.31. The minimum atomic E-state index is 0.762. The fourth-order valence-electron chi connectivity index (χ4n) is 1.96. The first-order valence-electron chi connectivity index (χ1n) is 6.81. The molecule has 5 heteroatoms. The van der Waals surface area contributed by atoms with E-state index >= 15 is 0 Å². The van der Waals surface area contributed by atoms with Crippen molar-refractivity contribution in [3.63, 3.8) is 0 Å². The third-order valence-corrected chi connectivity index (χ3v) is 3.25. The quantitative estimate of drug-likeness (QED) is 0.793. The van der Waals surface area contributed by atoms with E-state index in [-0.39, 0.29) is 0 Å². The van der Waals surface area contributed by atoms with Crippen LogP contribution in [0.5, 0.6) is 0 Å². The van der Waals surface area contributed by atoms with Gasteiger partial charge in [-0.2, -0.15) is 5.10 Å². The van der Waals surface area contributed by atoms with Crippen molar-refractivity contribution in [2.45, 2.75) is 26.9 Å². The smallest absolute Gasteiger partial charge is 0.0952 e. The standard InChI is InChI=1S/C14H22N4O/c1-3-17(4-2)6-7-18-11-14(10-16-18)15-9-13-5-8-19-12-13/h5,8,10-12,15H,3-4,6-7,9H2,1-2H3. The highest BCUT2D eigenvalue weighted by atomic mass is 16.3. The van der Waals surface area contributed by atoms with E-state index in [2.05, 4.69) is 29.2 Å². The predicted molar refractivity (Wildman–Crippen MR) is 76.0 cm³/mol. The molecule has 0 radical (unpaired) electrons. The van der Waals surface area contributed by atoms with Gasteiger partial charge in [-0.1, -0.05) is 13.8 Å². The molecule has 0 bridgehead atoms. The minimum Gasteiger partial charge on any atom is -0.472 e. The Bertz CT molecular complexity index is 460. The van der Waals surface area contributed by atoms with Crippen LogP contribution in [0, 0.1) is 0 Å². The Balaban J connectivity index is 1.78. The molecule has 0 saturated heterocycles. The molecule has 0 unspecified atom stereocenters. The third-order valence-electron chi connectivity index (χ3n) is 3.25. The molecule has 0 atom stereocenters. The Kier molecular flexibility index (Phi) is 5.03. The zero-order chi connectivity index (χ0) is 13.5. The third kappa shape index (κ3) is 4.13. The van der Waals surface area contributed by atoms with Crippen LogP contribution in [0.4, 0.5) is 5.69 Å². The van der Waals surface area contributed by atoms with Crippen LogP contribution in [0.1, 0.15) is 19.4 Å². The van der Waals surface area contributed by atoms with Crippen LogP contribution in [0.25, 0.3) is 0 Å². The number of nitrogens with zero attached hydrogens (tertiary/aromatic N) is 3. The van der Waals surface area contributed by atoms with Crippen LogP contribution in [-0.2, 0) is 13.1 Å². The van der Waals surface area contributed by atoms with Crippen LogP contribution >= 0.6 is 0 Å². The van der Waals surface area contributed by atoms with Crippen molar-refractivity contribution in [1.29, 1.82) is 0 Å². The lowest BCUT2D eigenvalue weighted by atomic mass is 10.3. The molecule has 19 heavy (non-hydrogen) atoms. The van der Waals surface area contributed by atoms with Gasteiger partial charge in [0, 0.05) is 24.8 Å². The van der Waals surface area contributed by atoms with Crippen LogP contribution in [0.2, 0.25) is 0 Å². The maximum absolute atomic E-state index is 5.03. The van der Waals surface area contributed by atoms with Gasteiger partial charge < -0.3 is 14.6 Å². The summed E-state index contributed by atoms with van der Waals surface area (Å²) in [6.07, 6.45) is 7.34. The van der Waals surface area contributed by atoms with Crippen LogP contribution in [0.3, 0.4) is 0 Å². The Morgan fingerprint density at radius 3 is 2.89 bits per heavy atom. The van der Waals surface area contributed by atoms with Crippen LogP contribution < -0.4 is 5.32 Å². The predicted octanol–water partition coefficient (Wildman–Crippen LogP) is 2.43. The van der Waals surface area contributed by atoms with Gasteiger partial charge in [0.25, 0.3) is 0 Å². The molecule has 0 aliphatic heterocycles. The van der Waals surface area contributed by atoms with Gasteiger partial charge in [0.1, 0.15) is 0 Å². The maximum atomic E-state index is 5.03. The fourth-order valence-corrected chi connectivity index (χ4v) is 1.96. The first-order valence-corrected chi connectivity index (χ1v) is 6.81. The normalized spacial score (nSPS) is 11.1. The molecule has 1 N–H and O–H groups in total. The summed E-state index contributed by atoms with van der Waals surface area (Å²) in [5.74, 6) is 0. The second kappa shape index (κ2) is 6.99. The van der Waals surface area contributed by atoms with Gasteiger partial charge >= 0.3 is 0 Å². The van der Waals surface area contributed by atoms with Gasteiger partial charge in [0.2, 0.25) is 0 Å². The van der Waals surface area contributed by atoms with E-state index < -0.39 is 0 Å². The van der Waals surface area contributed by atoms with E-state index in [1.165, 1.54) is 0 Å². The number of likely N-dealkylation sites (N-methyl/N-ethyl adjacent to an activating group) is 1. The number of aromatic nitrogens is 2. The second-order valence-electron chi connectivity index (χ2n) is 4.50. The van der Waals surface area contributed by atoms with Gasteiger partial charge in [-0.3, -0.25) is 4.68 Å². The molecule has 2 heterocycles. The average Bonchev–Trinajstić information content (AvgIpc) is 3.09. The first kappa shape index (κ1) is 13.7. The van der Waals surface area contributed by atoms with Gasteiger partial charge in [-0.15, -0.1) is 0 Å². The second-order valence-corrected chi connectivity index (χ2v) is 4.50. The molecule has 0 amide bonds. The van der Waals surface area contributed by atoms with Crippen molar-refractivity contribution >= 4 is 5.69 Å². The highest BCUT2D eigenvalue weighted by molar-refractivity contribution is 5.38. The summed E-state index contributed by atoms with van der Waals surface area (Å²) in [6, 6.07) is 1.96. The largest absolute Gasteiger partial charge is 0.472 e. The number of rotatable bonds is 8. The maximum Gasteiger partial charge on any atom is 0.0952 e. The summed E-state index contributed by atoms with van der Waals surface area (Å²) >= 11 is 0. The van der Waals surface area contributed by atoms with E-state index in [0.717, 1.165) is 44.0 Å². The van der Waals surface area contributed by atoms with E-state index in [1.54, 1.807) is 12.5 Å². The summed E-state index contributed by atoms with van der Waals surface area (Å²) in [6.45, 7) is 9.27. The van der Waals surface area contributed by atoms with Crippen molar-refractivity contribution in [3.8, 4) is 0 Å². The molecule has 5 nitrogen and oxygen atoms in total. The number of hydrogen-bond donors (Lipinski definition) is 1. The van der Waals surface area contributed by atoms with Gasteiger partial charge in [0.05, 0.1) is 31.0 Å². The molecule has 0 spiro atoms. The monoisotopic (exact) mass is 262 g/mol. The van der Waals surface area contributed by atoms with Crippen LogP contribution in [0.15, 0.2) is 35.4 Å². The topological polar surface area (TPSA) is 46.2 Å². The molecule has 0 aliphatic rings. The van der Waals surface area contributed by atoms with Crippen molar-refractivity contribution in [2.24, 2.45) is 0 Å². The number of anilines is 1. The molecule has 2 aromatic rings. The van der Waals surface area contributed by atoms with Gasteiger partial charge in [-0.05, 0) is 19.2 Å². The summed E-state index contributed by atoms with van der Waals surface area (Å²) in [5.41, 5.74) is 2.18. The Hall–Kier alpha value is -1.75. The molecule has 104 valence electrons. The summed E-state index contributed by atoms with van der Waals surface area (Å²) in [4.78, 5) is 2.39. The van der Waals surface area contributed by atoms with E-state index in [9.17, 15) is 0 Å². The molecule has 2 rings (SSSR count). The van der Waals surface area contributed by atoms with Gasteiger partial charge in [-0.25, -0.2) is 0 Å². The number of hydrogen-bond acceptors (Lipinski definition) is 4. The van der Waals surface area contributed by atoms with Crippen molar-refractivity contribution in [3.05, 3.63) is 36.5 Å². The molecule has 0 saturated carbocycles. The Morgan fingerprint density at radius 2 is 2.21 bits per heavy atom. The summed E-state index contributed by atoms with van der Waals surface area (Å²) in [7, 11) is 0. The summed E-state index contributed by atoms with van der Waals surface area (Å²) < 4.78 is 7.01. The lowest BCUT2D eigenvalue weighted by Gasteiger charge is -2.17. The molecular formula is C14H22N4O. The van der Waals surface area contributed by atoms with Crippen molar-refractivity contribution in [2.75, 3.05) is 25.0 Å². The Labute approximate surface area is 114 Å². The van der Waals surface area contributed by atoms with E-state index in [4.69, 9.17) is 4.42 Å². The number of nitrogens with one attached hydrogen (secondary N) is 1.